The van der Waals surface area contributed by atoms with E-state index in [0.717, 1.165) is 0 Å². The predicted octanol–water partition coefficient (Wildman–Crippen LogP) is 1.27. The van der Waals surface area contributed by atoms with Gasteiger partial charge in [0.15, 0.2) is 0 Å². The van der Waals surface area contributed by atoms with E-state index in [1.54, 1.807) is 0 Å². The molecule has 0 aromatic rings. The Labute approximate surface area is 84.5 Å². The summed E-state index contributed by atoms with van der Waals surface area (Å²) in [5.41, 5.74) is 0. The standard InChI is InChI=1S/C6H14O3S3/c1-6(2-4-10,3-5-11)12(7,8)9/h10-11H,2-5H2,1H3,(H,7,8,9). The van der Waals surface area contributed by atoms with Gasteiger partial charge in [-0.05, 0) is 31.3 Å². The van der Waals surface area contributed by atoms with Gasteiger partial charge in [-0.1, -0.05) is 0 Å². The van der Waals surface area contributed by atoms with Crippen molar-refractivity contribution < 1.29 is 13.0 Å². The third-order valence-corrected chi connectivity index (χ3v) is 4.01. The largest absolute Gasteiger partial charge is 0.285 e. The van der Waals surface area contributed by atoms with Gasteiger partial charge in [0.1, 0.15) is 0 Å². The molecule has 0 bridgehead atoms. The van der Waals surface area contributed by atoms with Crippen LogP contribution < -0.4 is 0 Å². The minimum atomic E-state index is -3.99. The number of thiol groups is 2. The smallest absolute Gasteiger partial charge is 0.270 e. The van der Waals surface area contributed by atoms with Crippen LogP contribution in [0.5, 0.6) is 0 Å². The van der Waals surface area contributed by atoms with Crippen molar-refractivity contribution in [1.29, 1.82) is 0 Å². The highest BCUT2D eigenvalue weighted by Crippen LogP contribution is 2.25. The minimum absolute atomic E-state index is 0.343. The fourth-order valence-corrected chi connectivity index (χ4v) is 2.87. The lowest BCUT2D eigenvalue weighted by Crippen LogP contribution is -2.36. The maximum absolute atomic E-state index is 10.9. The molecule has 0 aliphatic carbocycles. The summed E-state index contributed by atoms with van der Waals surface area (Å²) in [5, 5.41) is 0. The Bertz CT molecular complexity index is 216. The van der Waals surface area contributed by atoms with E-state index in [-0.39, 0.29) is 0 Å². The molecule has 12 heavy (non-hydrogen) atoms. The van der Waals surface area contributed by atoms with E-state index in [9.17, 15) is 8.42 Å². The molecule has 0 heterocycles. The van der Waals surface area contributed by atoms with Crippen LogP contribution in [0.1, 0.15) is 19.8 Å². The van der Waals surface area contributed by atoms with Gasteiger partial charge in [-0.3, -0.25) is 4.55 Å². The van der Waals surface area contributed by atoms with Crippen LogP contribution in [0.25, 0.3) is 0 Å². The van der Waals surface area contributed by atoms with Crippen molar-refractivity contribution in [2.45, 2.75) is 24.5 Å². The van der Waals surface area contributed by atoms with Crippen molar-refractivity contribution in [3.63, 3.8) is 0 Å². The van der Waals surface area contributed by atoms with Crippen molar-refractivity contribution in [3.8, 4) is 0 Å². The van der Waals surface area contributed by atoms with Crippen LogP contribution in [0.3, 0.4) is 0 Å². The summed E-state index contributed by atoms with van der Waals surface area (Å²) in [4.78, 5) is 0. The van der Waals surface area contributed by atoms with Crippen LogP contribution in [-0.2, 0) is 10.1 Å². The van der Waals surface area contributed by atoms with Crippen LogP contribution in [0, 0.1) is 0 Å². The molecule has 0 spiro atoms. The highest BCUT2D eigenvalue weighted by Gasteiger charge is 2.36. The molecular weight excluding hydrogens is 216 g/mol. The highest BCUT2D eigenvalue weighted by molar-refractivity contribution is 7.87. The Morgan fingerprint density at radius 2 is 1.58 bits per heavy atom. The van der Waals surface area contributed by atoms with Crippen LogP contribution >= 0.6 is 25.3 Å². The van der Waals surface area contributed by atoms with E-state index in [4.69, 9.17) is 4.55 Å². The monoisotopic (exact) mass is 230 g/mol. The minimum Gasteiger partial charge on any atom is -0.285 e. The average Bonchev–Trinajstić information content (AvgIpc) is 1.86. The van der Waals surface area contributed by atoms with Gasteiger partial charge < -0.3 is 0 Å². The zero-order chi connectivity index (χ0) is 9.83. The first-order chi connectivity index (χ1) is 5.37. The van der Waals surface area contributed by atoms with E-state index < -0.39 is 14.9 Å². The van der Waals surface area contributed by atoms with Crippen molar-refractivity contribution in [1.82, 2.24) is 0 Å². The van der Waals surface area contributed by atoms with E-state index in [1.807, 2.05) is 0 Å². The Balaban J connectivity index is 4.62. The summed E-state index contributed by atoms with van der Waals surface area (Å²) >= 11 is 7.88. The summed E-state index contributed by atoms with van der Waals surface area (Å²) in [6.07, 6.45) is 0.686. The fraction of sp³-hybridized carbons (Fsp3) is 1.00. The van der Waals surface area contributed by atoms with Gasteiger partial charge in [0, 0.05) is 0 Å². The van der Waals surface area contributed by atoms with Gasteiger partial charge in [0.25, 0.3) is 10.1 Å². The second-order valence-electron chi connectivity index (χ2n) is 2.87. The molecule has 0 unspecified atom stereocenters. The molecule has 74 valence electrons. The molecule has 0 saturated heterocycles. The highest BCUT2D eigenvalue weighted by atomic mass is 32.2. The first-order valence-corrected chi connectivity index (χ1v) is 6.26. The third kappa shape index (κ3) is 3.16. The molecule has 0 amide bonds. The summed E-state index contributed by atoms with van der Waals surface area (Å²) in [6, 6.07) is 0. The van der Waals surface area contributed by atoms with Gasteiger partial charge in [-0.2, -0.15) is 33.7 Å². The zero-order valence-corrected chi connectivity index (χ0v) is 9.50. The van der Waals surface area contributed by atoms with Gasteiger partial charge in [-0.25, -0.2) is 0 Å². The van der Waals surface area contributed by atoms with Gasteiger partial charge >= 0.3 is 0 Å². The molecule has 3 nitrogen and oxygen atoms in total. The van der Waals surface area contributed by atoms with E-state index in [0.29, 0.717) is 24.3 Å². The Morgan fingerprint density at radius 3 is 1.75 bits per heavy atom. The number of rotatable bonds is 5. The quantitative estimate of drug-likeness (QED) is 0.492. The zero-order valence-electron chi connectivity index (χ0n) is 6.89. The van der Waals surface area contributed by atoms with Crippen molar-refractivity contribution in [2.24, 2.45) is 0 Å². The summed E-state index contributed by atoms with van der Waals surface area (Å²) in [5.74, 6) is 0.869. The molecule has 0 radical (unpaired) electrons. The molecule has 0 atom stereocenters. The van der Waals surface area contributed by atoms with Crippen LogP contribution in [0.4, 0.5) is 0 Å². The van der Waals surface area contributed by atoms with Crippen molar-refractivity contribution in [2.75, 3.05) is 11.5 Å². The lowest BCUT2D eigenvalue weighted by molar-refractivity contribution is 0.422. The summed E-state index contributed by atoms with van der Waals surface area (Å²) < 4.78 is 29.7. The summed E-state index contributed by atoms with van der Waals surface area (Å²) in [6.45, 7) is 1.51. The molecule has 0 aliphatic heterocycles. The maximum atomic E-state index is 10.9. The molecule has 0 saturated carbocycles. The lowest BCUT2D eigenvalue weighted by Gasteiger charge is -2.24. The Morgan fingerprint density at radius 1 is 1.25 bits per heavy atom. The molecule has 6 heteroatoms. The second kappa shape index (κ2) is 4.74. The van der Waals surface area contributed by atoms with Crippen LogP contribution in [0.2, 0.25) is 0 Å². The lowest BCUT2D eigenvalue weighted by atomic mass is 10.1. The predicted molar refractivity (Wildman–Crippen MR) is 56.9 cm³/mol. The van der Waals surface area contributed by atoms with Crippen LogP contribution in [0.15, 0.2) is 0 Å². The second-order valence-corrected chi connectivity index (χ2v) is 5.70. The third-order valence-electron chi connectivity index (χ3n) is 1.90. The fourth-order valence-electron chi connectivity index (χ4n) is 0.856. The normalized spacial score (nSPS) is 13.3. The Kier molecular flexibility index (Phi) is 4.98. The van der Waals surface area contributed by atoms with Crippen molar-refractivity contribution in [3.05, 3.63) is 0 Å². The Hall–Kier alpha value is 0.610. The van der Waals surface area contributed by atoms with E-state index in [2.05, 4.69) is 25.3 Å². The summed E-state index contributed by atoms with van der Waals surface area (Å²) in [7, 11) is -3.99. The first kappa shape index (κ1) is 12.6. The van der Waals surface area contributed by atoms with E-state index in [1.165, 1.54) is 6.92 Å². The molecular formula is C6H14O3S3. The topological polar surface area (TPSA) is 54.4 Å². The molecule has 0 aliphatic rings. The molecule has 0 aromatic carbocycles. The van der Waals surface area contributed by atoms with Crippen LogP contribution in [-0.4, -0.2) is 29.2 Å². The SMILES string of the molecule is CC(CCS)(CCS)S(=O)(=O)O. The molecule has 0 rings (SSSR count). The molecule has 0 aromatic heterocycles. The van der Waals surface area contributed by atoms with Gasteiger partial charge in [0.05, 0.1) is 4.75 Å². The average molecular weight is 230 g/mol. The van der Waals surface area contributed by atoms with Crippen molar-refractivity contribution >= 4 is 35.4 Å². The van der Waals surface area contributed by atoms with Gasteiger partial charge in [-0.15, -0.1) is 0 Å². The van der Waals surface area contributed by atoms with Gasteiger partial charge in [0.2, 0.25) is 0 Å². The maximum Gasteiger partial charge on any atom is 0.270 e. The number of hydrogen-bond donors (Lipinski definition) is 3. The molecule has 1 N–H and O–H groups in total. The number of hydrogen-bond acceptors (Lipinski definition) is 4. The first-order valence-electron chi connectivity index (χ1n) is 3.56. The van der Waals surface area contributed by atoms with E-state index >= 15 is 0 Å². The molecule has 0 fully saturated rings.